The van der Waals surface area contributed by atoms with Crippen LogP contribution in [0.4, 0.5) is 0 Å². The zero-order valence-corrected chi connectivity index (χ0v) is 12.8. The van der Waals surface area contributed by atoms with Gasteiger partial charge >= 0.3 is 0 Å². The maximum absolute atomic E-state index is 4.45. The van der Waals surface area contributed by atoms with Crippen molar-refractivity contribution in [2.75, 3.05) is 6.54 Å². The molecular formula is C16H22N2S. The Kier molecular flexibility index (Phi) is 5.11. The number of pyridine rings is 1. The quantitative estimate of drug-likeness (QED) is 0.860. The molecule has 1 N–H and O–H groups in total. The first kappa shape index (κ1) is 14.2. The minimum atomic E-state index is 0.382. The van der Waals surface area contributed by atoms with Gasteiger partial charge in [-0.25, -0.2) is 0 Å². The van der Waals surface area contributed by atoms with Crippen LogP contribution in [-0.4, -0.2) is 11.5 Å². The second-order valence-electron chi connectivity index (χ2n) is 4.92. The molecule has 2 nitrogen and oxygen atoms in total. The maximum atomic E-state index is 4.45. The molecule has 1 unspecified atom stereocenters. The molecule has 1 atom stereocenters. The van der Waals surface area contributed by atoms with Crippen LogP contribution in [0.5, 0.6) is 0 Å². The van der Waals surface area contributed by atoms with Crippen LogP contribution in [0, 0.1) is 13.8 Å². The van der Waals surface area contributed by atoms with E-state index >= 15 is 0 Å². The van der Waals surface area contributed by atoms with E-state index in [4.69, 9.17) is 0 Å². The van der Waals surface area contributed by atoms with Gasteiger partial charge in [0.05, 0.1) is 0 Å². The highest BCUT2D eigenvalue weighted by Crippen LogP contribution is 2.28. The predicted molar refractivity (Wildman–Crippen MR) is 82.8 cm³/mol. The molecule has 0 spiro atoms. The molecule has 2 aromatic rings. The summed E-state index contributed by atoms with van der Waals surface area (Å²) in [6, 6.07) is 8.83. The van der Waals surface area contributed by atoms with Gasteiger partial charge in [0.15, 0.2) is 0 Å². The Morgan fingerprint density at radius 3 is 2.74 bits per heavy atom. The minimum absolute atomic E-state index is 0.382. The van der Waals surface area contributed by atoms with E-state index in [9.17, 15) is 0 Å². The number of hydrogen-bond donors (Lipinski definition) is 1. The Morgan fingerprint density at radius 1 is 1.32 bits per heavy atom. The maximum Gasteiger partial charge on any atom is 0.0471 e. The fourth-order valence-electron chi connectivity index (χ4n) is 2.09. The van der Waals surface area contributed by atoms with E-state index in [1.807, 2.05) is 23.6 Å². The summed E-state index contributed by atoms with van der Waals surface area (Å²) in [5, 5.41) is 3.65. The predicted octanol–water partition coefficient (Wildman–Crippen LogP) is 4.04. The standard InChI is InChI=1S/C16H22N2S/c1-4-8-18-15(11-14-7-5-6-9-17-14)16-10-12(2)13(3)19-16/h5-7,9-10,15,18H,4,8,11H2,1-3H3. The number of aromatic nitrogens is 1. The molecule has 2 rings (SSSR count). The molecule has 2 heterocycles. The van der Waals surface area contributed by atoms with E-state index in [-0.39, 0.29) is 0 Å². The molecule has 0 aromatic carbocycles. The third-order valence-corrected chi connectivity index (χ3v) is 4.57. The van der Waals surface area contributed by atoms with Gasteiger partial charge in [0.2, 0.25) is 0 Å². The third kappa shape index (κ3) is 3.88. The zero-order valence-electron chi connectivity index (χ0n) is 11.9. The van der Waals surface area contributed by atoms with Crippen LogP contribution in [0.2, 0.25) is 0 Å². The van der Waals surface area contributed by atoms with Gasteiger partial charge in [-0.05, 0) is 50.6 Å². The molecule has 0 bridgehead atoms. The topological polar surface area (TPSA) is 24.9 Å². The van der Waals surface area contributed by atoms with Crippen molar-refractivity contribution >= 4 is 11.3 Å². The first-order valence-electron chi connectivity index (χ1n) is 6.91. The van der Waals surface area contributed by atoms with E-state index in [0.717, 1.165) is 25.1 Å². The molecule has 2 aromatic heterocycles. The lowest BCUT2D eigenvalue weighted by molar-refractivity contribution is 0.531. The van der Waals surface area contributed by atoms with Crippen molar-refractivity contribution in [3.8, 4) is 0 Å². The molecule has 19 heavy (non-hydrogen) atoms. The first-order chi connectivity index (χ1) is 9.20. The second kappa shape index (κ2) is 6.83. The molecule has 0 amide bonds. The van der Waals surface area contributed by atoms with Crippen molar-refractivity contribution in [2.24, 2.45) is 0 Å². The van der Waals surface area contributed by atoms with Crippen LogP contribution in [0.1, 0.15) is 40.4 Å². The Hall–Kier alpha value is -1.19. The highest BCUT2D eigenvalue weighted by Gasteiger charge is 2.15. The zero-order chi connectivity index (χ0) is 13.7. The van der Waals surface area contributed by atoms with Gasteiger partial charge in [-0.3, -0.25) is 4.98 Å². The molecule has 0 saturated heterocycles. The van der Waals surface area contributed by atoms with Crippen molar-refractivity contribution in [1.82, 2.24) is 10.3 Å². The van der Waals surface area contributed by atoms with Crippen LogP contribution in [0.15, 0.2) is 30.5 Å². The molecule has 0 aliphatic carbocycles. The van der Waals surface area contributed by atoms with Crippen LogP contribution < -0.4 is 5.32 Å². The molecular weight excluding hydrogens is 252 g/mol. The summed E-state index contributed by atoms with van der Waals surface area (Å²) in [5.74, 6) is 0. The highest BCUT2D eigenvalue weighted by molar-refractivity contribution is 7.12. The van der Waals surface area contributed by atoms with Gasteiger partial charge in [-0.15, -0.1) is 11.3 Å². The fraction of sp³-hybridized carbons (Fsp3) is 0.438. The SMILES string of the molecule is CCCNC(Cc1ccccn1)c1cc(C)c(C)s1. The number of nitrogens with zero attached hydrogens (tertiary/aromatic N) is 1. The summed E-state index contributed by atoms with van der Waals surface area (Å²) < 4.78 is 0. The summed E-state index contributed by atoms with van der Waals surface area (Å²) in [7, 11) is 0. The Morgan fingerprint density at radius 2 is 2.16 bits per heavy atom. The molecule has 102 valence electrons. The van der Waals surface area contributed by atoms with Crippen LogP contribution in [0.25, 0.3) is 0 Å². The van der Waals surface area contributed by atoms with Crippen LogP contribution in [-0.2, 0) is 6.42 Å². The van der Waals surface area contributed by atoms with Gasteiger partial charge in [0, 0.05) is 34.1 Å². The average molecular weight is 274 g/mol. The van der Waals surface area contributed by atoms with Crippen LogP contribution in [0.3, 0.4) is 0 Å². The van der Waals surface area contributed by atoms with Crippen molar-refractivity contribution in [1.29, 1.82) is 0 Å². The number of rotatable bonds is 6. The first-order valence-corrected chi connectivity index (χ1v) is 7.72. The van der Waals surface area contributed by atoms with Gasteiger partial charge in [0.1, 0.15) is 0 Å². The third-order valence-electron chi connectivity index (χ3n) is 3.31. The monoisotopic (exact) mass is 274 g/mol. The molecule has 3 heteroatoms. The normalized spacial score (nSPS) is 12.6. The summed E-state index contributed by atoms with van der Waals surface area (Å²) in [4.78, 5) is 7.29. The van der Waals surface area contributed by atoms with Gasteiger partial charge in [0.25, 0.3) is 0 Å². The lowest BCUT2D eigenvalue weighted by atomic mass is 10.1. The number of hydrogen-bond acceptors (Lipinski definition) is 3. The van der Waals surface area contributed by atoms with Crippen molar-refractivity contribution in [3.05, 3.63) is 51.5 Å². The van der Waals surface area contributed by atoms with Gasteiger partial charge in [-0.2, -0.15) is 0 Å². The molecule has 0 aliphatic heterocycles. The highest BCUT2D eigenvalue weighted by atomic mass is 32.1. The number of thiophene rings is 1. The summed E-state index contributed by atoms with van der Waals surface area (Å²) in [5.41, 5.74) is 2.55. The van der Waals surface area contributed by atoms with Gasteiger partial charge in [-0.1, -0.05) is 13.0 Å². The number of nitrogens with one attached hydrogen (secondary N) is 1. The molecule has 0 radical (unpaired) electrons. The molecule has 0 aliphatic rings. The lowest BCUT2D eigenvalue weighted by Gasteiger charge is -2.16. The number of aryl methyl sites for hydroxylation is 2. The van der Waals surface area contributed by atoms with E-state index in [1.165, 1.54) is 15.3 Å². The summed E-state index contributed by atoms with van der Waals surface area (Å²) >= 11 is 1.90. The van der Waals surface area contributed by atoms with Crippen LogP contribution >= 0.6 is 11.3 Å². The van der Waals surface area contributed by atoms with E-state index in [2.05, 4.69) is 49.3 Å². The van der Waals surface area contributed by atoms with Gasteiger partial charge < -0.3 is 5.32 Å². The largest absolute Gasteiger partial charge is 0.309 e. The second-order valence-corrected chi connectivity index (χ2v) is 6.21. The average Bonchev–Trinajstić information content (AvgIpc) is 2.76. The Balaban J connectivity index is 2.15. The summed E-state index contributed by atoms with van der Waals surface area (Å²) in [6.45, 7) is 7.64. The minimum Gasteiger partial charge on any atom is -0.309 e. The lowest BCUT2D eigenvalue weighted by Crippen LogP contribution is -2.23. The molecule has 0 fully saturated rings. The smallest absolute Gasteiger partial charge is 0.0471 e. The Bertz CT molecular complexity index is 485. The van der Waals surface area contributed by atoms with E-state index in [0.29, 0.717) is 6.04 Å². The molecule has 0 saturated carbocycles. The fourth-order valence-corrected chi connectivity index (χ4v) is 3.21. The Labute approximate surface area is 119 Å². The van der Waals surface area contributed by atoms with Crippen molar-refractivity contribution < 1.29 is 0 Å². The van der Waals surface area contributed by atoms with Crippen molar-refractivity contribution in [3.63, 3.8) is 0 Å². The van der Waals surface area contributed by atoms with E-state index < -0.39 is 0 Å². The summed E-state index contributed by atoms with van der Waals surface area (Å²) in [6.07, 6.45) is 3.99. The van der Waals surface area contributed by atoms with E-state index in [1.54, 1.807) is 0 Å². The van der Waals surface area contributed by atoms with Crippen molar-refractivity contribution in [2.45, 2.75) is 39.7 Å².